The summed E-state index contributed by atoms with van der Waals surface area (Å²) in [6.45, 7) is 1.17. The number of pyridine rings is 1. The Morgan fingerprint density at radius 2 is 1.24 bits per heavy atom. The number of aryl methyl sites for hydroxylation is 1. The SMILES string of the molecule is O=S(=O)(NS(=O)(=O)C(F)(F)F)C(F)(F)F.OCCC[n+]1ccccc1. The molecule has 15 heteroatoms. The van der Waals surface area contributed by atoms with Crippen LogP contribution in [0.1, 0.15) is 6.42 Å². The van der Waals surface area contributed by atoms with E-state index in [0.717, 1.165) is 13.0 Å². The van der Waals surface area contributed by atoms with E-state index < -0.39 is 35.2 Å². The number of halogens is 6. The lowest BCUT2D eigenvalue weighted by molar-refractivity contribution is -0.697. The van der Waals surface area contributed by atoms with E-state index in [1.54, 1.807) is 0 Å². The fourth-order valence-corrected chi connectivity index (χ4v) is 2.99. The molecule has 2 N–H and O–H groups in total. The van der Waals surface area contributed by atoms with Crippen molar-refractivity contribution in [2.45, 2.75) is 24.0 Å². The first kappa shape index (κ1) is 23.5. The molecule has 1 rings (SSSR count). The molecule has 0 saturated heterocycles. The van der Waals surface area contributed by atoms with Crippen molar-refractivity contribution in [1.29, 1.82) is 0 Å². The molecule has 1 aromatic heterocycles. The van der Waals surface area contributed by atoms with E-state index in [2.05, 4.69) is 4.57 Å². The van der Waals surface area contributed by atoms with Crippen LogP contribution in [0.3, 0.4) is 0 Å². The lowest BCUT2D eigenvalue weighted by atomic mass is 10.4. The first-order valence-electron chi connectivity index (χ1n) is 6.10. The number of hydrogen-bond acceptors (Lipinski definition) is 5. The fourth-order valence-electron chi connectivity index (χ4n) is 1.08. The summed E-state index contributed by atoms with van der Waals surface area (Å²) in [7, 11) is -13.2. The van der Waals surface area contributed by atoms with Crippen molar-refractivity contribution >= 4 is 20.0 Å². The molecule has 1 heterocycles. The van der Waals surface area contributed by atoms with Gasteiger partial charge in [-0.2, -0.15) is 26.3 Å². The van der Waals surface area contributed by atoms with Crippen LogP contribution < -0.4 is 8.69 Å². The molecular weight excluding hydrogens is 406 g/mol. The summed E-state index contributed by atoms with van der Waals surface area (Å²) >= 11 is 0. The molecule has 0 spiro atoms. The number of hydrogen-bond donors (Lipinski definition) is 2. The number of aliphatic hydroxyl groups is 1. The maximum absolute atomic E-state index is 11.5. The molecule has 0 saturated carbocycles. The largest absolute Gasteiger partial charge is 0.512 e. The third kappa shape index (κ3) is 7.98. The van der Waals surface area contributed by atoms with E-state index in [0.29, 0.717) is 0 Å². The van der Waals surface area contributed by atoms with Crippen LogP contribution in [0.15, 0.2) is 30.6 Å². The first-order chi connectivity index (χ1) is 11.1. The molecule has 7 nitrogen and oxygen atoms in total. The average molecular weight is 419 g/mol. The lowest BCUT2D eigenvalue weighted by Gasteiger charge is -2.11. The van der Waals surface area contributed by atoms with E-state index in [1.807, 2.05) is 30.6 Å². The van der Waals surface area contributed by atoms with Crippen LogP contribution in [0.5, 0.6) is 0 Å². The predicted octanol–water partition coefficient (Wildman–Crippen LogP) is 0.632. The Morgan fingerprint density at radius 3 is 1.56 bits per heavy atom. The molecule has 25 heavy (non-hydrogen) atoms. The van der Waals surface area contributed by atoms with Crippen LogP contribution in [-0.4, -0.2) is 39.6 Å². The molecule has 0 fully saturated rings. The van der Waals surface area contributed by atoms with Gasteiger partial charge in [-0.1, -0.05) is 10.2 Å². The average Bonchev–Trinajstić information content (AvgIpc) is 2.43. The standard InChI is InChI=1S/C8H12NO.C2HF6NO4S2/c10-8-4-7-9-5-2-1-3-6-9;3-1(4,5)14(10,11)9-15(12,13)2(6,7)8/h1-3,5-6,10H,4,7-8H2;9H/q+1;. The lowest BCUT2D eigenvalue weighted by Crippen LogP contribution is -2.45. The van der Waals surface area contributed by atoms with E-state index in [9.17, 15) is 43.2 Å². The zero-order valence-corrected chi connectivity index (χ0v) is 13.8. The number of aliphatic hydroxyl groups excluding tert-OH is 1. The first-order valence-corrected chi connectivity index (χ1v) is 9.07. The maximum Gasteiger partial charge on any atom is 0.512 e. The number of rotatable bonds is 5. The highest BCUT2D eigenvalue weighted by atomic mass is 32.3. The highest BCUT2D eigenvalue weighted by molar-refractivity contribution is 8.05. The van der Waals surface area contributed by atoms with Crippen LogP contribution in [0.4, 0.5) is 26.3 Å². The highest BCUT2D eigenvalue weighted by Gasteiger charge is 2.55. The summed E-state index contributed by atoms with van der Waals surface area (Å²) in [5.74, 6) is 0. The van der Waals surface area contributed by atoms with Crippen molar-refractivity contribution < 1.29 is 52.9 Å². The smallest absolute Gasteiger partial charge is 0.396 e. The van der Waals surface area contributed by atoms with E-state index in [-0.39, 0.29) is 6.61 Å². The molecule has 0 bridgehead atoms. The number of alkyl halides is 6. The van der Waals surface area contributed by atoms with Gasteiger partial charge in [0.05, 0.1) is 0 Å². The third-order valence-electron chi connectivity index (χ3n) is 2.18. The van der Waals surface area contributed by atoms with E-state index in [4.69, 9.17) is 5.11 Å². The molecule has 0 aliphatic rings. The zero-order valence-electron chi connectivity index (χ0n) is 12.1. The van der Waals surface area contributed by atoms with Crippen LogP contribution in [0.25, 0.3) is 0 Å². The van der Waals surface area contributed by atoms with Gasteiger partial charge in [0.1, 0.15) is 0 Å². The number of sulfonamides is 2. The van der Waals surface area contributed by atoms with Crippen molar-refractivity contribution in [3.05, 3.63) is 30.6 Å². The van der Waals surface area contributed by atoms with Gasteiger partial charge in [0.15, 0.2) is 18.9 Å². The zero-order chi connectivity index (χ0) is 19.9. The van der Waals surface area contributed by atoms with Crippen LogP contribution in [0.2, 0.25) is 0 Å². The summed E-state index contributed by atoms with van der Waals surface area (Å²) in [6.07, 6.45) is 4.82. The van der Waals surface area contributed by atoms with Gasteiger partial charge in [0.25, 0.3) is 0 Å². The van der Waals surface area contributed by atoms with Crippen LogP contribution in [0, 0.1) is 0 Å². The highest BCUT2D eigenvalue weighted by Crippen LogP contribution is 2.27. The molecule has 0 atom stereocenters. The van der Waals surface area contributed by atoms with Gasteiger partial charge in [0, 0.05) is 25.2 Å². The number of aromatic nitrogens is 1. The van der Waals surface area contributed by atoms with Crippen LogP contribution in [-0.2, 0) is 26.6 Å². The second-order valence-corrected chi connectivity index (χ2v) is 7.78. The minimum absolute atomic E-state index is 0.266. The van der Waals surface area contributed by atoms with Gasteiger partial charge >= 0.3 is 31.1 Å². The second-order valence-electron chi connectivity index (χ2n) is 4.17. The van der Waals surface area contributed by atoms with Crippen molar-refractivity contribution in [2.24, 2.45) is 0 Å². The third-order valence-corrected chi connectivity index (χ3v) is 5.15. The fraction of sp³-hybridized carbons (Fsp3) is 0.500. The Labute approximate surface area is 139 Å². The summed E-state index contributed by atoms with van der Waals surface area (Å²) in [5.41, 5.74) is -12.3. The molecule has 146 valence electrons. The van der Waals surface area contributed by atoms with E-state index >= 15 is 0 Å². The quantitative estimate of drug-likeness (QED) is 0.538. The predicted molar refractivity (Wildman–Crippen MR) is 71.4 cm³/mol. The molecule has 0 amide bonds. The van der Waals surface area contributed by atoms with Crippen molar-refractivity contribution in [1.82, 2.24) is 4.13 Å². The van der Waals surface area contributed by atoms with Crippen molar-refractivity contribution in [2.75, 3.05) is 6.61 Å². The molecule has 0 aromatic carbocycles. The van der Waals surface area contributed by atoms with Gasteiger partial charge < -0.3 is 5.11 Å². The minimum Gasteiger partial charge on any atom is -0.396 e. The Kier molecular flexibility index (Phi) is 8.26. The van der Waals surface area contributed by atoms with Crippen LogP contribution >= 0.6 is 0 Å². The summed E-state index contributed by atoms with van der Waals surface area (Å²) in [4.78, 5) is 0. The van der Waals surface area contributed by atoms with Gasteiger partial charge in [0.2, 0.25) is 0 Å². The molecule has 0 radical (unpaired) electrons. The Balaban J connectivity index is 0.000000496. The Hall–Kier alpha value is -1.45. The molecular formula is C10H13F6N2O5S2+. The summed E-state index contributed by atoms with van der Waals surface area (Å²) in [6, 6.07) is 5.95. The van der Waals surface area contributed by atoms with Crippen molar-refractivity contribution in [3.63, 3.8) is 0 Å². The topological polar surface area (TPSA) is 104 Å². The number of nitrogens with zero attached hydrogens (tertiary/aromatic N) is 1. The second kappa shape index (κ2) is 8.77. The monoisotopic (exact) mass is 419 g/mol. The van der Waals surface area contributed by atoms with Gasteiger partial charge in [-0.25, -0.2) is 21.4 Å². The van der Waals surface area contributed by atoms with Crippen molar-refractivity contribution in [3.8, 4) is 0 Å². The number of nitrogens with one attached hydrogen (secondary N) is 1. The maximum atomic E-state index is 11.5. The molecule has 0 aliphatic heterocycles. The summed E-state index contributed by atoms with van der Waals surface area (Å²) < 4.78 is 110. The Morgan fingerprint density at radius 1 is 0.840 bits per heavy atom. The Bertz CT molecular complexity index is 689. The minimum atomic E-state index is -6.60. The van der Waals surface area contributed by atoms with Gasteiger partial charge in [-0.15, -0.1) is 0 Å². The van der Waals surface area contributed by atoms with E-state index in [1.165, 1.54) is 0 Å². The molecule has 1 aromatic rings. The molecule has 0 aliphatic carbocycles. The molecule has 0 unspecified atom stereocenters. The van der Waals surface area contributed by atoms with Gasteiger partial charge in [-0.05, 0) is 0 Å². The normalized spacial score (nSPS) is 13.1. The van der Waals surface area contributed by atoms with Gasteiger partial charge in [-0.3, -0.25) is 0 Å². The summed E-state index contributed by atoms with van der Waals surface area (Å²) in [5, 5.41) is 8.51.